The lowest BCUT2D eigenvalue weighted by Gasteiger charge is -2.20. The maximum Gasteiger partial charge on any atom is 0.325 e. The van der Waals surface area contributed by atoms with E-state index in [0.717, 1.165) is 31.3 Å². The number of nitrogens with two attached hydrogens (primary N) is 1. The van der Waals surface area contributed by atoms with Crippen molar-refractivity contribution >= 4 is 23.5 Å². The molecule has 0 aromatic heterocycles. The van der Waals surface area contributed by atoms with Crippen molar-refractivity contribution in [2.75, 3.05) is 33.0 Å². The normalized spacial score (nSPS) is 9.86. The van der Waals surface area contributed by atoms with E-state index in [2.05, 4.69) is 9.47 Å². The summed E-state index contributed by atoms with van der Waals surface area (Å²) in [7, 11) is 2.28. The molecular formula is C13H15FN2O5. The molecule has 21 heavy (non-hydrogen) atoms. The van der Waals surface area contributed by atoms with Gasteiger partial charge in [-0.25, -0.2) is 4.39 Å². The Morgan fingerprint density at radius 1 is 1.14 bits per heavy atom. The Balaban J connectivity index is 3.05. The van der Waals surface area contributed by atoms with Gasteiger partial charge in [-0.2, -0.15) is 0 Å². The van der Waals surface area contributed by atoms with Crippen LogP contribution in [-0.2, 0) is 19.1 Å². The fraction of sp³-hybridized carbons (Fsp3) is 0.308. The van der Waals surface area contributed by atoms with Gasteiger partial charge in [0.2, 0.25) is 0 Å². The quantitative estimate of drug-likeness (QED) is 0.615. The zero-order valence-corrected chi connectivity index (χ0v) is 11.6. The van der Waals surface area contributed by atoms with E-state index >= 15 is 0 Å². The van der Waals surface area contributed by atoms with Crippen LogP contribution in [0.25, 0.3) is 0 Å². The molecule has 8 heteroatoms. The highest BCUT2D eigenvalue weighted by molar-refractivity contribution is 6.01. The van der Waals surface area contributed by atoms with Gasteiger partial charge in [-0.05, 0) is 18.2 Å². The molecular weight excluding hydrogens is 283 g/mol. The number of carbonyl (C=O) groups is 3. The molecule has 0 radical (unpaired) electrons. The summed E-state index contributed by atoms with van der Waals surface area (Å²) in [5.41, 5.74) is 5.49. The number of esters is 2. The first-order valence-electron chi connectivity index (χ1n) is 5.87. The van der Waals surface area contributed by atoms with E-state index < -0.39 is 36.8 Å². The second-order valence-electron chi connectivity index (χ2n) is 4.05. The lowest BCUT2D eigenvalue weighted by Crippen LogP contribution is -2.40. The monoisotopic (exact) mass is 298 g/mol. The van der Waals surface area contributed by atoms with Crippen LogP contribution in [0.2, 0.25) is 0 Å². The van der Waals surface area contributed by atoms with Gasteiger partial charge in [0.1, 0.15) is 18.9 Å². The predicted octanol–water partition coefficient (Wildman–Crippen LogP) is 0.196. The van der Waals surface area contributed by atoms with Crippen LogP contribution >= 0.6 is 0 Å². The van der Waals surface area contributed by atoms with Crippen LogP contribution in [0.5, 0.6) is 0 Å². The zero-order valence-electron chi connectivity index (χ0n) is 11.6. The maximum atomic E-state index is 13.2. The van der Waals surface area contributed by atoms with Crippen molar-refractivity contribution in [1.82, 2.24) is 4.90 Å². The second-order valence-corrected chi connectivity index (χ2v) is 4.05. The molecule has 0 bridgehead atoms. The van der Waals surface area contributed by atoms with E-state index in [9.17, 15) is 18.8 Å². The van der Waals surface area contributed by atoms with Gasteiger partial charge < -0.3 is 20.1 Å². The van der Waals surface area contributed by atoms with Crippen LogP contribution in [0.15, 0.2) is 18.2 Å². The lowest BCUT2D eigenvalue weighted by molar-refractivity contribution is -0.144. The summed E-state index contributed by atoms with van der Waals surface area (Å²) >= 11 is 0. The van der Waals surface area contributed by atoms with Gasteiger partial charge in [-0.1, -0.05) is 0 Å². The van der Waals surface area contributed by atoms with Gasteiger partial charge in [-0.3, -0.25) is 14.4 Å². The van der Waals surface area contributed by atoms with Crippen molar-refractivity contribution in [3.05, 3.63) is 29.6 Å². The first-order chi connectivity index (χ1) is 9.88. The van der Waals surface area contributed by atoms with Crippen LogP contribution in [0.4, 0.5) is 10.1 Å². The summed E-state index contributed by atoms with van der Waals surface area (Å²) in [6, 6.07) is 3.24. The number of anilines is 1. The van der Waals surface area contributed by atoms with Crippen molar-refractivity contribution in [2.24, 2.45) is 0 Å². The SMILES string of the molecule is COC(=O)CN(CC(=O)OC)C(=O)c1cc(F)ccc1N. The topological polar surface area (TPSA) is 98.9 Å². The molecule has 1 aromatic carbocycles. The first-order valence-corrected chi connectivity index (χ1v) is 5.87. The number of ether oxygens (including phenoxy) is 2. The average molecular weight is 298 g/mol. The van der Waals surface area contributed by atoms with E-state index in [0.29, 0.717) is 0 Å². The van der Waals surface area contributed by atoms with Crippen LogP contribution in [0, 0.1) is 5.82 Å². The molecule has 0 spiro atoms. The van der Waals surface area contributed by atoms with Gasteiger partial charge in [0.05, 0.1) is 19.8 Å². The number of amides is 1. The first kappa shape index (κ1) is 16.4. The molecule has 0 saturated carbocycles. The van der Waals surface area contributed by atoms with Crippen molar-refractivity contribution in [1.29, 1.82) is 0 Å². The molecule has 114 valence electrons. The van der Waals surface area contributed by atoms with Gasteiger partial charge in [0, 0.05) is 5.69 Å². The van der Waals surface area contributed by atoms with Crippen molar-refractivity contribution in [2.45, 2.75) is 0 Å². The summed E-state index contributed by atoms with van der Waals surface area (Å²) in [6.45, 7) is -0.971. The van der Waals surface area contributed by atoms with Crippen molar-refractivity contribution in [3.8, 4) is 0 Å². The smallest absolute Gasteiger partial charge is 0.325 e. The number of nitrogen functional groups attached to an aromatic ring is 1. The number of nitrogens with zero attached hydrogens (tertiary/aromatic N) is 1. The fourth-order valence-electron chi connectivity index (χ4n) is 1.52. The Labute approximate surface area is 120 Å². The van der Waals surface area contributed by atoms with Crippen LogP contribution in [0.3, 0.4) is 0 Å². The molecule has 0 heterocycles. The van der Waals surface area contributed by atoms with Gasteiger partial charge in [0.25, 0.3) is 5.91 Å². The summed E-state index contributed by atoms with van der Waals surface area (Å²) in [5.74, 6) is -2.91. The molecule has 0 aliphatic carbocycles. The van der Waals surface area contributed by atoms with E-state index in [1.165, 1.54) is 6.07 Å². The zero-order chi connectivity index (χ0) is 16.0. The molecule has 0 aliphatic rings. The van der Waals surface area contributed by atoms with E-state index in [4.69, 9.17) is 5.73 Å². The molecule has 0 unspecified atom stereocenters. The number of methoxy groups -OCH3 is 2. The second kappa shape index (κ2) is 7.22. The molecule has 1 rings (SSSR count). The molecule has 0 atom stereocenters. The summed E-state index contributed by atoms with van der Waals surface area (Å²) in [6.07, 6.45) is 0. The number of benzene rings is 1. The van der Waals surface area contributed by atoms with E-state index in [1.54, 1.807) is 0 Å². The molecule has 0 aliphatic heterocycles. The molecule has 1 amide bonds. The molecule has 2 N–H and O–H groups in total. The molecule has 7 nitrogen and oxygen atoms in total. The number of hydrogen-bond donors (Lipinski definition) is 1. The highest BCUT2D eigenvalue weighted by Gasteiger charge is 2.24. The molecule has 0 saturated heterocycles. The third-order valence-corrected chi connectivity index (χ3v) is 2.63. The third-order valence-electron chi connectivity index (χ3n) is 2.63. The minimum atomic E-state index is -0.775. The summed E-state index contributed by atoms with van der Waals surface area (Å²) in [5, 5.41) is 0. The fourth-order valence-corrected chi connectivity index (χ4v) is 1.52. The Bertz CT molecular complexity index is 543. The number of hydrogen-bond acceptors (Lipinski definition) is 6. The highest BCUT2D eigenvalue weighted by Crippen LogP contribution is 2.16. The largest absolute Gasteiger partial charge is 0.468 e. The standard InChI is InChI=1S/C13H15FN2O5/c1-20-11(17)6-16(7-12(18)21-2)13(19)9-5-8(14)3-4-10(9)15/h3-5H,6-7,15H2,1-2H3. The van der Waals surface area contributed by atoms with Crippen LogP contribution in [-0.4, -0.2) is 50.1 Å². The van der Waals surface area contributed by atoms with E-state index in [-0.39, 0.29) is 11.3 Å². The summed E-state index contributed by atoms with van der Waals surface area (Å²) in [4.78, 5) is 35.8. The minimum Gasteiger partial charge on any atom is -0.468 e. The number of carbonyl (C=O) groups excluding carboxylic acids is 3. The van der Waals surface area contributed by atoms with Gasteiger partial charge in [0.15, 0.2) is 0 Å². The van der Waals surface area contributed by atoms with Crippen LogP contribution < -0.4 is 5.73 Å². The number of halogens is 1. The Morgan fingerprint density at radius 3 is 2.14 bits per heavy atom. The molecule has 1 aromatic rings. The van der Waals surface area contributed by atoms with E-state index in [1.807, 2.05) is 0 Å². The van der Waals surface area contributed by atoms with Gasteiger partial charge in [-0.15, -0.1) is 0 Å². The van der Waals surface area contributed by atoms with Crippen molar-refractivity contribution in [3.63, 3.8) is 0 Å². The van der Waals surface area contributed by atoms with Crippen LogP contribution in [0.1, 0.15) is 10.4 Å². The third kappa shape index (κ3) is 4.44. The summed E-state index contributed by atoms with van der Waals surface area (Å²) < 4.78 is 22.1. The Hall–Kier alpha value is -2.64. The van der Waals surface area contributed by atoms with Gasteiger partial charge >= 0.3 is 11.9 Å². The minimum absolute atomic E-state index is 0.0288. The average Bonchev–Trinajstić information content (AvgIpc) is 2.47. The predicted molar refractivity (Wildman–Crippen MR) is 70.7 cm³/mol. The maximum absolute atomic E-state index is 13.2. The van der Waals surface area contributed by atoms with Crippen molar-refractivity contribution < 1.29 is 28.2 Å². The highest BCUT2D eigenvalue weighted by atomic mass is 19.1. The Kier molecular flexibility index (Phi) is 5.65. The Morgan fingerprint density at radius 2 is 1.67 bits per heavy atom. The lowest BCUT2D eigenvalue weighted by atomic mass is 10.1. The number of rotatable bonds is 5. The molecule has 0 fully saturated rings.